The molecule has 0 bridgehead atoms. The number of aromatic nitrogens is 1. The van der Waals surface area contributed by atoms with Crippen molar-refractivity contribution in [3.63, 3.8) is 0 Å². The van der Waals surface area contributed by atoms with E-state index < -0.39 is 5.60 Å². The molecule has 1 saturated carbocycles. The zero-order valence-corrected chi connectivity index (χ0v) is 15.2. The van der Waals surface area contributed by atoms with Gasteiger partial charge in [0.1, 0.15) is 11.4 Å². The molecule has 1 aliphatic carbocycles. The van der Waals surface area contributed by atoms with Crippen LogP contribution in [0.3, 0.4) is 0 Å². The maximum absolute atomic E-state index is 11.3. The smallest absolute Gasteiger partial charge is 0.126 e. The molecule has 2 fully saturated rings. The standard InChI is InChI=1S/C22H26N2O2/c1-26-20-9-3-2-7-17(20)8-6-14-24-15-18-11-12-22(25,19(18)16-24)21-10-4-5-13-23-21/h2-10,13,18-19,25H,11-12,14-16H2,1H3/t18-,19+,22-/m1/s1. The summed E-state index contributed by atoms with van der Waals surface area (Å²) in [6.45, 7) is 2.87. The van der Waals surface area contributed by atoms with Gasteiger partial charge in [-0.15, -0.1) is 0 Å². The molecule has 0 amide bonds. The van der Waals surface area contributed by atoms with E-state index in [-0.39, 0.29) is 5.92 Å². The van der Waals surface area contributed by atoms with Crippen LogP contribution in [-0.2, 0) is 5.60 Å². The Kier molecular flexibility index (Phi) is 4.79. The highest BCUT2D eigenvalue weighted by Crippen LogP contribution is 2.49. The topological polar surface area (TPSA) is 45.6 Å². The quantitative estimate of drug-likeness (QED) is 0.898. The van der Waals surface area contributed by atoms with Crippen molar-refractivity contribution in [2.75, 3.05) is 26.7 Å². The van der Waals surface area contributed by atoms with Gasteiger partial charge in [-0.1, -0.05) is 36.4 Å². The van der Waals surface area contributed by atoms with Crippen molar-refractivity contribution in [2.45, 2.75) is 18.4 Å². The first kappa shape index (κ1) is 17.3. The summed E-state index contributed by atoms with van der Waals surface area (Å²) in [6.07, 6.45) is 7.99. The number of likely N-dealkylation sites (tertiary alicyclic amines) is 1. The third-order valence-corrected chi connectivity index (χ3v) is 5.93. The van der Waals surface area contributed by atoms with E-state index in [0.717, 1.165) is 49.5 Å². The number of benzene rings is 1. The Morgan fingerprint density at radius 2 is 2.08 bits per heavy atom. The first-order chi connectivity index (χ1) is 12.7. The lowest BCUT2D eigenvalue weighted by atomic mass is 9.85. The first-order valence-electron chi connectivity index (χ1n) is 9.36. The Hall–Kier alpha value is -2.17. The van der Waals surface area contributed by atoms with Crippen LogP contribution in [0.5, 0.6) is 5.75 Å². The Morgan fingerprint density at radius 1 is 1.23 bits per heavy atom. The first-order valence-corrected chi connectivity index (χ1v) is 9.36. The number of pyridine rings is 1. The van der Waals surface area contributed by atoms with Crippen LogP contribution in [0.1, 0.15) is 24.1 Å². The summed E-state index contributed by atoms with van der Waals surface area (Å²) in [4.78, 5) is 6.88. The number of fused-ring (bicyclic) bond motifs is 1. The molecular weight excluding hydrogens is 324 g/mol. The maximum Gasteiger partial charge on any atom is 0.126 e. The van der Waals surface area contributed by atoms with Gasteiger partial charge in [0.05, 0.1) is 12.8 Å². The maximum atomic E-state index is 11.3. The average molecular weight is 350 g/mol. The molecule has 1 aromatic carbocycles. The van der Waals surface area contributed by atoms with Crippen LogP contribution >= 0.6 is 0 Å². The van der Waals surface area contributed by atoms with E-state index >= 15 is 0 Å². The molecule has 0 spiro atoms. The lowest BCUT2D eigenvalue weighted by molar-refractivity contribution is -0.0101. The number of methoxy groups -OCH3 is 1. The van der Waals surface area contributed by atoms with Crippen LogP contribution in [0.15, 0.2) is 54.7 Å². The van der Waals surface area contributed by atoms with Gasteiger partial charge in [0.15, 0.2) is 0 Å². The Morgan fingerprint density at radius 3 is 2.88 bits per heavy atom. The third kappa shape index (κ3) is 3.15. The SMILES string of the molecule is COc1ccccc1C=CCN1C[C@H]2CC[C@](O)(c3ccccn3)[C@H]2C1. The highest BCUT2D eigenvalue weighted by atomic mass is 16.5. The van der Waals surface area contributed by atoms with E-state index in [1.807, 2.05) is 36.4 Å². The molecule has 2 aromatic rings. The lowest BCUT2D eigenvalue weighted by Gasteiger charge is -2.29. The predicted octanol–water partition coefficient (Wildman–Crippen LogP) is 3.33. The molecule has 1 aliphatic heterocycles. The van der Waals surface area contributed by atoms with Crippen molar-refractivity contribution >= 4 is 6.08 Å². The van der Waals surface area contributed by atoms with Crippen molar-refractivity contribution in [3.05, 3.63) is 66.0 Å². The molecule has 2 aliphatic rings. The van der Waals surface area contributed by atoms with Crippen LogP contribution < -0.4 is 4.74 Å². The van der Waals surface area contributed by atoms with Crippen molar-refractivity contribution < 1.29 is 9.84 Å². The number of ether oxygens (including phenoxy) is 1. The monoisotopic (exact) mass is 350 g/mol. The summed E-state index contributed by atoms with van der Waals surface area (Å²) >= 11 is 0. The van der Waals surface area contributed by atoms with Gasteiger partial charge in [-0.2, -0.15) is 0 Å². The molecule has 2 heterocycles. The highest BCUT2D eigenvalue weighted by molar-refractivity contribution is 5.57. The van der Waals surface area contributed by atoms with Gasteiger partial charge in [-0.3, -0.25) is 9.88 Å². The second kappa shape index (κ2) is 7.22. The predicted molar refractivity (Wildman–Crippen MR) is 103 cm³/mol. The second-order valence-electron chi connectivity index (χ2n) is 7.41. The van der Waals surface area contributed by atoms with E-state index in [9.17, 15) is 5.11 Å². The number of rotatable bonds is 5. The Labute approximate surface area is 155 Å². The summed E-state index contributed by atoms with van der Waals surface area (Å²) in [7, 11) is 1.70. The summed E-state index contributed by atoms with van der Waals surface area (Å²) in [5.41, 5.74) is 1.16. The van der Waals surface area contributed by atoms with Crippen LogP contribution in [0.2, 0.25) is 0 Å². The molecule has 4 nitrogen and oxygen atoms in total. The van der Waals surface area contributed by atoms with Gasteiger partial charge >= 0.3 is 0 Å². The number of nitrogens with zero attached hydrogens (tertiary/aromatic N) is 2. The summed E-state index contributed by atoms with van der Waals surface area (Å²) < 4.78 is 5.40. The van der Waals surface area contributed by atoms with Crippen LogP contribution in [0.25, 0.3) is 6.08 Å². The minimum Gasteiger partial charge on any atom is -0.496 e. The normalized spacial score (nSPS) is 28.5. The number of para-hydroxylation sites is 1. The van der Waals surface area contributed by atoms with Gasteiger partial charge in [0.2, 0.25) is 0 Å². The number of hydrogen-bond donors (Lipinski definition) is 1. The lowest BCUT2D eigenvalue weighted by Crippen LogP contribution is -2.35. The molecule has 3 atom stereocenters. The zero-order chi connectivity index (χ0) is 18.0. The molecule has 4 heteroatoms. The van der Waals surface area contributed by atoms with Crippen molar-refractivity contribution in [3.8, 4) is 5.75 Å². The molecule has 1 N–H and O–H groups in total. The van der Waals surface area contributed by atoms with Gasteiger partial charge < -0.3 is 9.84 Å². The molecule has 0 radical (unpaired) electrons. The van der Waals surface area contributed by atoms with Gasteiger partial charge in [0.25, 0.3) is 0 Å². The van der Waals surface area contributed by atoms with Crippen molar-refractivity contribution in [1.29, 1.82) is 0 Å². The van der Waals surface area contributed by atoms with E-state index in [2.05, 4.69) is 28.1 Å². The van der Waals surface area contributed by atoms with Crippen molar-refractivity contribution in [2.24, 2.45) is 11.8 Å². The van der Waals surface area contributed by atoms with Gasteiger partial charge in [-0.05, 0) is 37.0 Å². The van der Waals surface area contributed by atoms with E-state index in [0.29, 0.717) is 5.92 Å². The van der Waals surface area contributed by atoms with Crippen LogP contribution in [0, 0.1) is 11.8 Å². The van der Waals surface area contributed by atoms with E-state index in [1.165, 1.54) is 0 Å². The van der Waals surface area contributed by atoms with Gasteiger partial charge in [-0.25, -0.2) is 0 Å². The second-order valence-corrected chi connectivity index (χ2v) is 7.41. The largest absolute Gasteiger partial charge is 0.496 e. The minimum atomic E-state index is -0.771. The number of aliphatic hydroxyl groups is 1. The molecule has 1 aromatic heterocycles. The Bertz CT molecular complexity index is 777. The Balaban J connectivity index is 1.42. The fourth-order valence-corrected chi connectivity index (χ4v) is 4.60. The van der Waals surface area contributed by atoms with Crippen LogP contribution in [-0.4, -0.2) is 41.7 Å². The summed E-state index contributed by atoms with van der Waals surface area (Å²) in [5.74, 6) is 1.73. The molecule has 4 rings (SSSR count). The highest BCUT2D eigenvalue weighted by Gasteiger charge is 2.52. The van der Waals surface area contributed by atoms with E-state index in [1.54, 1.807) is 13.3 Å². The minimum absolute atomic E-state index is 0.275. The summed E-state index contributed by atoms with van der Waals surface area (Å²) in [6, 6.07) is 13.9. The van der Waals surface area contributed by atoms with E-state index in [4.69, 9.17) is 4.74 Å². The summed E-state index contributed by atoms with van der Waals surface area (Å²) in [5, 5.41) is 11.3. The van der Waals surface area contributed by atoms with Gasteiger partial charge in [0, 0.05) is 37.3 Å². The van der Waals surface area contributed by atoms with Crippen LogP contribution in [0.4, 0.5) is 0 Å². The van der Waals surface area contributed by atoms with Crippen molar-refractivity contribution in [1.82, 2.24) is 9.88 Å². The molecule has 26 heavy (non-hydrogen) atoms. The molecular formula is C22H26N2O2. The zero-order valence-electron chi connectivity index (χ0n) is 15.2. The fourth-order valence-electron chi connectivity index (χ4n) is 4.60. The third-order valence-electron chi connectivity index (χ3n) is 5.93. The molecule has 0 unspecified atom stereocenters. The molecule has 136 valence electrons. The number of hydrogen-bond acceptors (Lipinski definition) is 4. The fraction of sp³-hybridized carbons (Fsp3) is 0.409. The molecule has 1 saturated heterocycles. The average Bonchev–Trinajstić information content (AvgIpc) is 3.23.